The highest BCUT2D eigenvalue weighted by Gasteiger charge is 2.33. The van der Waals surface area contributed by atoms with Crippen LogP contribution in [0.4, 0.5) is 0 Å². The standard InChI is InChI=1S/C24H27O4P/c1-18(2)20-13-15-23(16-14-20)27-29(25,26-22-10-6-5-7-11-22)28-24-12-8-9-21(17-24)19(3)4/h5-19H,1-4H3. The van der Waals surface area contributed by atoms with Crippen molar-refractivity contribution in [1.82, 2.24) is 0 Å². The zero-order chi connectivity index (χ0) is 20.9. The first kappa shape index (κ1) is 21.0. The number of phosphoric ester groups is 1. The fraction of sp³-hybridized carbons (Fsp3) is 0.250. The van der Waals surface area contributed by atoms with E-state index in [2.05, 4.69) is 27.7 Å². The number of benzene rings is 3. The van der Waals surface area contributed by atoms with Crippen LogP contribution < -0.4 is 13.6 Å². The zero-order valence-electron chi connectivity index (χ0n) is 17.2. The fourth-order valence-corrected chi connectivity index (χ4v) is 4.01. The Morgan fingerprint density at radius 2 is 1.10 bits per heavy atom. The van der Waals surface area contributed by atoms with Gasteiger partial charge in [0.1, 0.15) is 17.2 Å². The maximum absolute atomic E-state index is 13.6. The van der Waals surface area contributed by atoms with E-state index in [1.807, 2.05) is 36.4 Å². The summed E-state index contributed by atoms with van der Waals surface area (Å²) in [5.74, 6) is 1.99. The molecule has 0 saturated carbocycles. The van der Waals surface area contributed by atoms with Crippen LogP contribution in [0.3, 0.4) is 0 Å². The minimum Gasteiger partial charge on any atom is -0.386 e. The summed E-state index contributed by atoms with van der Waals surface area (Å²) >= 11 is 0. The van der Waals surface area contributed by atoms with Crippen molar-refractivity contribution in [2.24, 2.45) is 0 Å². The van der Waals surface area contributed by atoms with Gasteiger partial charge in [-0.25, -0.2) is 0 Å². The van der Waals surface area contributed by atoms with Gasteiger partial charge in [-0.2, -0.15) is 4.57 Å². The van der Waals surface area contributed by atoms with Gasteiger partial charge < -0.3 is 13.6 Å². The second-order valence-electron chi connectivity index (χ2n) is 7.49. The Kier molecular flexibility index (Phi) is 6.66. The lowest BCUT2D eigenvalue weighted by atomic mass is 10.0. The molecule has 29 heavy (non-hydrogen) atoms. The molecular weight excluding hydrogens is 383 g/mol. The van der Waals surface area contributed by atoms with Crippen LogP contribution in [0.1, 0.15) is 50.7 Å². The molecule has 152 valence electrons. The van der Waals surface area contributed by atoms with Gasteiger partial charge in [0, 0.05) is 0 Å². The highest BCUT2D eigenvalue weighted by molar-refractivity contribution is 7.49. The summed E-state index contributed by atoms with van der Waals surface area (Å²) < 4.78 is 30.8. The third-order valence-corrected chi connectivity index (χ3v) is 5.77. The van der Waals surface area contributed by atoms with Gasteiger partial charge in [0.2, 0.25) is 0 Å². The Morgan fingerprint density at radius 1 is 0.586 bits per heavy atom. The average molecular weight is 410 g/mol. The number of hydrogen-bond donors (Lipinski definition) is 0. The largest absolute Gasteiger partial charge is 0.647 e. The molecule has 0 aliphatic rings. The molecule has 4 nitrogen and oxygen atoms in total. The average Bonchev–Trinajstić information content (AvgIpc) is 2.69. The molecule has 0 bridgehead atoms. The Hall–Kier alpha value is -2.71. The molecule has 0 aliphatic heterocycles. The highest BCUT2D eigenvalue weighted by atomic mass is 31.2. The highest BCUT2D eigenvalue weighted by Crippen LogP contribution is 2.50. The van der Waals surface area contributed by atoms with E-state index in [0.717, 1.165) is 5.56 Å². The molecule has 0 spiro atoms. The lowest BCUT2D eigenvalue weighted by Gasteiger charge is -2.20. The van der Waals surface area contributed by atoms with E-state index in [0.29, 0.717) is 29.1 Å². The smallest absolute Gasteiger partial charge is 0.386 e. The van der Waals surface area contributed by atoms with Crippen LogP contribution in [-0.4, -0.2) is 0 Å². The lowest BCUT2D eigenvalue weighted by molar-refractivity contribution is 0.298. The number of phosphoric acid groups is 1. The van der Waals surface area contributed by atoms with Gasteiger partial charge in [0.05, 0.1) is 0 Å². The molecule has 1 unspecified atom stereocenters. The molecule has 3 rings (SSSR count). The number of rotatable bonds is 8. The van der Waals surface area contributed by atoms with E-state index in [1.54, 1.807) is 42.5 Å². The van der Waals surface area contributed by atoms with Gasteiger partial charge in [0.25, 0.3) is 0 Å². The van der Waals surface area contributed by atoms with Crippen molar-refractivity contribution >= 4 is 7.82 Å². The second-order valence-corrected chi connectivity index (χ2v) is 8.93. The zero-order valence-corrected chi connectivity index (χ0v) is 18.1. The van der Waals surface area contributed by atoms with Gasteiger partial charge in [0.15, 0.2) is 0 Å². The van der Waals surface area contributed by atoms with Crippen LogP contribution in [0.5, 0.6) is 17.2 Å². The van der Waals surface area contributed by atoms with Crippen molar-refractivity contribution in [2.75, 3.05) is 0 Å². The molecule has 0 aliphatic carbocycles. The monoisotopic (exact) mass is 410 g/mol. The van der Waals surface area contributed by atoms with Crippen LogP contribution in [0.25, 0.3) is 0 Å². The van der Waals surface area contributed by atoms with Crippen LogP contribution in [0, 0.1) is 0 Å². The first-order valence-electron chi connectivity index (χ1n) is 9.78. The van der Waals surface area contributed by atoms with Gasteiger partial charge in [-0.1, -0.05) is 70.2 Å². The lowest BCUT2D eigenvalue weighted by Crippen LogP contribution is -2.08. The predicted octanol–water partition coefficient (Wildman–Crippen LogP) is 7.58. The van der Waals surface area contributed by atoms with Crippen molar-refractivity contribution in [1.29, 1.82) is 0 Å². The van der Waals surface area contributed by atoms with E-state index in [4.69, 9.17) is 13.6 Å². The topological polar surface area (TPSA) is 44.8 Å². The summed E-state index contributed by atoms with van der Waals surface area (Å²) in [4.78, 5) is 0. The molecule has 1 atom stereocenters. The minimum absolute atomic E-state index is 0.317. The van der Waals surface area contributed by atoms with E-state index in [-0.39, 0.29) is 0 Å². The molecule has 0 aromatic heterocycles. The maximum atomic E-state index is 13.6. The Labute approximate surface area is 173 Å². The Morgan fingerprint density at radius 3 is 1.69 bits per heavy atom. The predicted molar refractivity (Wildman–Crippen MR) is 117 cm³/mol. The molecule has 0 fully saturated rings. The van der Waals surface area contributed by atoms with Gasteiger partial charge >= 0.3 is 7.82 Å². The van der Waals surface area contributed by atoms with Crippen LogP contribution in [0.15, 0.2) is 78.9 Å². The number of para-hydroxylation sites is 1. The summed E-state index contributed by atoms with van der Waals surface area (Å²) in [6, 6.07) is 23.8. The molecule has 0 heterocycles. The molecule has 0 N–H and O–H groups in total. The van der Waals surface area contributed by atoms with E-state index < -0.39 is 7.82 Å². The Bertz CT molecular complexity index is 966. The van der Waals surface area contributed by atoms with Crippen molar-refractivity contribution in [3.63, 3.8) is 0 Å². The van der Waals surface area contributed by atoms with E-state index in [1.165, 1.54) is 5.56 Å². The van der Waals surface area contributed by atoms with Crippen molar-refractivity contribution < 1.29 is 18.1 Å². The van der Waals surface area contributed by atoms with Crippen molar-refractivity contribution in [3.8, 4) is 17.2 Å². The molecule has 3 aromatic carbocycles. The van der Waals surface area contributed by atoms with E-state index in [9.17, 15) is 4.57 Å². The molecule has 3 aromatic rings. The summed E-state index contributed by atoms with van der Waals surface area (Å²) in [6.07, 6.45) is 0. The Balaban J connectivity index is 1.89. The fourth-order valence-electron chi connectivity index (χ4n) is 2.77. The van der Waals surface area contributed by atoms with Gasteiger partial charge in [-0.3, -0.25) is 0 Å². The van der Waals surface area contributed by atoms with Gasteiger partial charge in [-0.15, -0.1) is 0 Å². The van der Waals surface area contributed by atoms with Crippen LogP contribution in [-0.2, 0) is 4.57 Å². The summed E-state index contributed by atoms with van der Waals surface area (Å²) in [5.41, 5.74) is 2.25. The molecule has 0 saturated heterocycles. The molecule has 0 amide bonds. The number of hydrogen-bond acceptors (Lipinski definition) is 4. The third-order valence-electron chi connectivity index (χ3n) is 4.47. The van der Waals surface area contributed by atoms with Gasteiger partial charge in [-0.05, 0) is 59.4 Å². The van der Waals surface area contributed by atoms with Crippen LogP contribution in [0.2, 0.25) is 0 Å². The van der Waals surface area contributed by atoms with E-state index >= 15 is 0 Å². The summed E-state index contributed by atoms with van der Waals surface area (Å²) in [5, 5.41) is 0. The minimum atomic E-state index is -3.97. The molecular formula is C24H27O4P. The molecule has 0 radical (unpaired) electrons. The summed E-state index contributed by atoms with van der Waals surface area (Å²) in [7, 11) is -3.97. The van der Waals surface area contributed by atoms with Crippen molar-refractivity contribution in [2.45, 2.75) is 39.5 Å². The molecule has 5 heteroatoms. The SMILES string of the molecule is CC(C)c1ccc(OP(=O)(Oc2ccccc2)Oc2cccc(C(C)C)c2)cc1. The van der Waals surface area contributed by atoms with Crippen LogP contribution >= 0.6 is 7.82 Å². The first-order chi connectivity index (χ1) is 13.8. The normalized spacial score (nSPS) is 13.2. The quantitative estimate of drug-likeness (QED) is 0.359. The maximum Gasteiger partial charge on any atom is 0.647 e. The first-order valence-corrected chi connectivity index (χ1v) is 11.2. The summed E-state index contributed by atoms with van der Waals surface area (Å²) in [6.45, 7) is 8.41. The second kappa shape index (κ2) is 9.19. The third kappa shape index (κ3) is 5.88. The van der Waals surface area contributed by atoms with Crippen molar-refractivity contribution in [3.05, 3.63) is 90.0 Å².